The van der Waals surface area contributed by atoms with Gasteiger partial charge in [-0.3, -0.25) is 0 Å². The lowest BCUT2D eigenvalue weighted by molar-refractivity contribution is -0.0915. The van der Waals surface area contributed by atoms with Crippen molar-refractivity contribution in [3.05, 3.63) is 29.8 Å². The maximum absolute atomic E-state index is 9.05. The van der Waals surface area contributed by atoms with Crippen LogP contribution >= 0.6 is 0 Å². The number of methoxy groups -OCH3 is 1. The van der Waals surface area contributed by atoms with Crippen LogP contribution in [0.15, 0.2) is 24.3 Å². The molecule has 3 rings (SSSR count). The van der Waals surface area contributed by atoms with Crippen LogP contribution in [0.2, 0.25) is 0 Å². The number of aliphatic hydroxyl groups excluding tert-OH is 1. The number of benzene rings is 1. The third kappa shape index (κ3) is 3.21. The molecule has 112 valence electrons. The summed E-state index contributed by atoms with van der Waals surface area (Å²) in [5.74, 6) is 7.51. The minimum Gasteiger partial charge on any atom is -0.497 e. The summed E-state index contributed by atoms with van der Waals surface area (Å²) in [5, 5.41) is 9.05. The van der Waals surface area contributed by atoms with Gasteiger partial charge in [-0.25, -0.2) is 0 Å². The van der Waals surface area contributed by atoms with E-state index in [9.17, 15) is 0 Å². The normalized spacial score (nSPS) is 31.1. The van der Waals surface area contributed by atoms with E-state index in [2.05, 4.69) is 11.8 Å². The van der Waals surface area contributed by atoms with Crippen LogP contribution in [-0.2, 0) is 9.47 Å². The van der Waals surface area contributed by atoms with Gasteiger partial charge in [-0.05, 0) is 30.5 Å². The SMILES string of the molecule is COc1ccc(C2OCC2C#CC2CC[C@@H](CO)O2)cc1. The molecule has 4 atom stereocenters. The maximum atomic E-state index is 9.05. The first-order valence-electron chi connectivity index (χ1n) is 7.33. The molecule has 21 heavy (non-hydrogen) atoms. The van der Waals surface area contributed by atoms with Crippen molar-refractivity contribution in [3.8, 4) is 17.6 Å². The van der Waals surface area contributed by atoms with Crippen LogP contribution in [0.4, 0.5) is 0 Å². The van der Waals surface area contributed by atoms with Gasteiger partial charge in [0.05, 0.1) is 38.4 Å². The van der Waals surface area contributed by atoms with Crippen molar-refractivity contribution in [1.29, 1.82) is 0 Å². The molecule has 2 aliphatic heterocycles. The number of aliphatic hydroxyl groups is 1. The van der Waals surface area contributed by atoms with Crippen LogP contribution in [0.3, 0.4) is 0 Å². The standard InChI is InChI=1S/C17H20O4/c1-19-14-5-2-12(3-6-14)17-13(11-20-17)4-7-15-8-9-16(10-18)21-15/h2-3,5-6,13,15-18H,8-11H2,1H3/t13?,15?,16-,17?/m0/s1. The molecule has 1 N–H and O–H groups in total. The average molecular weight is 288 g/mol. The van der Waals surface area contributed by atoms with E-state index < -0.39 is 0 Å². The van der Waals surface area contributed by atoms with Gasteiger partial charge in [0, 0.05) is 0 Å². The summed E-state index contributed by atoms with van der Waals surface area (Å²) in [6.45, 7) is 0.749. The molecule has 2 heterocycles. The van der Waals surface area contributed by atoms with Crippen molar-refractivity contribution in [2.24, 2.45) is 5.92 Å². The average Bonchev–Trinajstić information content (AvgIpc) is 2.95. The highest BCUT2D eigenvalue weighted by Gasteiger charge is 2.32. The van der Waals surface area contributed by atoms with Crippen molar-refractivity contribution in [2.45, 2.75) is 31.2 Å². The van der Waals surface area contributed by atoms with Crippen LogP contribution in [0.25, 0.3) is 0 Å². The molecular weight excluding hydrogens is 268 g/mol. The van der Waals surface area contributed by atoms with Crippen LogP contribution in [0.5, 0.6) is 5.75 Å². The molecular formula is C17H20O4. The lowest BCUT2D eigenvalue weighted by Crippen LogP contribution is -2.31. The molecule has 0 spiro atoms. The zero-order valence-corrected chi connectivity index (χ0v) is 12.1. The molecule has 0 saturated carbocycles. The molecule has 3 unspecified atom stereocenters. The second kappa shape index (κ2) is 6.48. The van der Waals surface area contributed by atoms with Gasteiger partial charge in [0.2, 0.25) is 0 Å². The van der Waals surface area contributed by atoms with Crippen molar-refractivity contribution < 1.29 is 19.3 Å². The number of ether oxygens (including phenoxy) is 3. The van der Waals surface area contributed by atoms with E-state index in [1.807, 2.05) is 24.3 Å². The van der Waals surface area contributed by atoms with Gasteiger partial charge < -0.3 is 19.3 Å². The predicted octanol–water partition coefficient (Wildman–Crippen LogP) is 1.93. The Morgan fingerprint density at radius 1 is 1.24 bits per heavy atom. The van der Waals surface area contributed by atoms with Gasteiger partial charge in [-0.2, -0.15) is 0 Å². The molecule has 1 aromatic carbocycles. The molecule has 0 aliphatic carbocycles. The topological polar surface area (TPSA) is 47.9 Å². The predicted molar refractivity (Wildman–Crippen MR) is 77.9 cm³/mol. The Morgan fingerprint density at radius 3 is 2.62 bits per heavy atom. The first kappa shape index (κ1) is 14.4. The van der Waals surface area contributed by atoms with Gasteiger partial charge >= 0.3 is 0 Å². The summed E-state index contributed by atoms with van der Waals surface area (Å²) in [6, 6.07) is 7.91. The fourth-order valence-electron chi connectivity index (χ4n) is 2.67. The zero-order chi connectivity index (χ0) is 14.7. The summed E-state index contributed by atoms with van der Waals surface area (Å²) < 4.78 is 16.4. The van der Waals surface area contributed by atoms with Gasteiger partial charge in [0.1, 0.15) is 11.9 Å². The Morgan fingerprint density at radius 2 is 2.05 bits per heavy atom. The van der Waals surface area contributed by atoms with Crippen LogP contribution in [0, 0.1) is 17.8 Å². The molecule has 0 amide bonds. The zero-order valence-electron chi connectivity index (χ0n) is 12.1. The fraction of sp³-hybridized carbons (Fsp3) is 0.529. The molecule has 4 nitrogen and oxygen atoms in total. The molecule has 0 aromatic heterocycles. The third-order valence-electron chi connectivity index (χ3n) is 4.01. The van der Waals surface area contributed by atoms with Crippen molar-refractivity contribution in [2.75, 3.05) is 20.3 Å². The summed E-state index contributed by atoms with van der Waals surface area (Å²) in [4.78, 5) is 0. The highest BCUT2D eigenvalue weighted by Crippen LogP contribution is 2.35. The molecule has 4 heteroatoms. The number of hydrogen-bond acceptors (Lipinski definition) is 4. The van der Waals surface area contributed by atoms with E-state index in [1.165, 1.54) is 0 Å². The lowest BCUT2D eigenvalue weighted by atomic mass is 9.92. The molecule has 2 aliphatic rings. The van der Waals surface area contributed by atoms with E-state index in [0.29, 0.717) is 6.61 Å². The molecule has 1 aromatic rings. The van der Waals surface area contributed by atoms with E-state index in [4.69, 9.17) is 19.3 Å². The maximum Gasteiger partial charge on any atom is 0.118 e. The summed E-state index contributed by atoms with van der Waals surface area (Å²) in [7, 11) is 1.66. The minimum atomic E-state index is -0.0423. The summed E-state index contributed by atoms with van der Waals surface area (Å²) in [5.41, 5.74) is 1.13. The number of hydrogen-bond donors (Lipinski definition) is 1. The summed E-state index contributed by atoms with van der Waals surface area (Å²) >= 11 is 0. The molecule has 2 saturated heterocycles. The first-order chi connectivity index (χ1) is 10.3. The van der Waals surface area contributed by atoms with Crippen molar-refractivity contribution >= 4 is 0 Å². The van der Waals surface area contributed by atoms with Crippen molar-refractivity contribution in [1.82, 2.24) is 0 Å². The molecule has 0 radical (unpaired) electrons. The Hall–Kier alpha value is -1.54. The van der Waals surface area contributed by atoms with Crippen LogP contribution in [-0.4, -0.2) is 37.6 Å². The van der Waals surface area contributed by atoms with Gasteiger partial charge in [-0.15, -0.1) is 0 Å². The highest BCUT2D eigenvalue weighted by molar-refractivity contribution is 5.31. The molecule has 0 bridgehead atoms. The Bertz CT molecular complexity index is 528. The third-order valence-corrected chi connectivity index (χ3v) is 4.01. The van der Waals surface area contributed by atoms with E-state index in [1.54, 1.807) is 7.11 Å². The van der Waals surface area contributed by atoms with Crippen LogP contribution < -0.4 is 4.74 Å². The van der Waals surface area contributed by atoms with E-state index >= 15 is 0 Å². The Balaban J connectivity index is 1.60. The monoisotopic (exact) mass is 288 g/mol. The quantitative estimate of drug-likeness (QED) is 0.863. The Kier molecular flexibility index (Phi) is 4.45. The molecule has 2 fully saturated rings. The Labute approximate surface area is 125 Å². The van der Waals surface area contributed by atoms with E-state index in [-0.39, 0.29) is 30.8 Å². The van der Waals surface area contributed by atoms with Gasteiger partial charge in [0.25, 0.3) is 0 Å². The highest BCUT2D eigenvalue weighted by atomic mass is 16.5. The second-order valence-electron chi connectivity index (χ2n) is 5.43. The van der Waals surface area contributed by atoms with Gasteiger partial charge in [0.15, 0.2) is 0 Å². The summed E-state index contributed by atoms with van der Waals surface area (Å²) in [6.07, 6.45) is 1.75. The first-order valence-corrected chi connectivity index (χ1v) is 7.33. The van der Waals surface area contributed by atoms with Crippen molar-refractivity contribution in [3.63, 3.8) is 0 Å². The smallest absolute Gasteiger partial charge is 0.118 e. The fourth-order valence-corrected chi connectivity index (χ4v) is 2.67. The van der Waals surface area contributed by atoms with E-state index in [0.717, 1.165) is 24.2 Å². The van der Waals surface area contributed by atoms with Crippen LogP contribution in [0.1, 0.15) is 24.5 Å². The van der Waals surface area contributed by atoms with Gasteiger partial charge in [-0.1, -0.05) is 24.0 Å². The second-order valence-corrected chi connectivity index (χ2v) is 5.43. The lowest BCUT2D eigenvalue weighted by Gasteiger charge is -2.33. The number of rotatable bonds is 3. The minimum absolute atomic E-state index is 0.0402. The largest absolute Gasteiger partial charge is 0.497 e.